The van der Waals surface area contributed by atoms with Gasteiger partial charge < -0.3 is 9.84 Å². The Morgan fingerprint density at radius 2 is 1.76 bits per heavy atom. The van der Waals surface area contributed by atoms with Crippen LogP contribution in [0.3, 0.4) is 0 Å². The summed E-state index contributed by atoms with van der Waals surface area (Å²) in [7, 11) is 0. The molecule has 1 aromatic heterocycles. The van der Waals surface area contributed by atoms with Crippen molar-refractivity contribution in [3.8, 4) is 11.4 Å². The molecule has 1 aliphatic heterocycles. The fourth-order valence-electron chi connectivity index (χ4n) is 4.01. The van der Waals surface area contributed by atoms with Gasteiger partial charge in [0.05, 0.1) is 11.6 Å². The van der Waals surface area contributed by atoms with Crippen LogP contribution in [0.25, 0.3) is 17.0 Å². The van der Waals surface area contributed by atoms with Crippen LogP contribution in [0.2, 0.25) is 5.02 Å². The number of nitrogens with zero attached hydrogens (tertiary/aromatic N) is 3. The molecule has 0 saturated heterocycles. The molecule has 5 nitrogen and oxygen atoms in total. The van der Waals surface area contributed by atoms with E-state index in [-0.39, 0.29) is 5.82 Å². The van der Waals surface area contributed by atoms with E-state index in [9.17, 15) is 4.39 Å². The van der Waals surface area contributed by atoms with E-state index in [0.29, 0.717) is 21.9 Å². The van der Waals surface area contributed by atoms with Gasteiger partial charge in [0.2, 0.25) is 5.82 Å². The fourth-order valence-corrected chi connectivity index (χ4v) is 4.56. The van der Waals surface area contributed by atoms with Gasteiger partial charge in [0.25, 0.3) is 5.89 Å². The molecule has 34 heavy (non-hydrogen) atoms. The summed E-state index contributed by atoms with van der Waals surface area (Å²) in [5.41, 5.74) is 5.21. The molecule has 8 heteroatoms. The predicted octanol–water partition coefficient (Wildman–Crippen LogP) is 6.70. The summed E-state index contributed by atoms with van der Waals surface area (Å²) in [6, 6.07) is 21.2. The van der Waals surface area contributed by atoms with Crippen molar-refractivity contribution >= 4 is 40.2 Å². The highest BCUT2D eigenvalue weighted by Crippen LogP contribution is 2.39. The molecule has 0 saturated carbocycles. The second-order valence-electron chi connectivity index (χ2n) is 8.04. The van der Waals surface area contributed by atoms with E-state index in [0.717, 1.165) is 33.6 Å². The smallest absolute Gasteiger partial charge is 0.258 e. The van der Waals surface area contributed by atoms with E-state index in [4.69, 9.17) is 28.3 Å². The Balaban J connectivity index is 1.65. The Kier molecular flexibility index (Phi) is 5.89. The van der Waals surface area contributed by atoms with Crippen molar-refractivity contribution in [1.29, 1.82) is 0 Å². The van der Waals surface area contributed by atoms with Crippen molar-refractivity contribution in [2.24, 2.45) is 0 Å². The van der Waals surface area contributed by atoms with Gasteiger partial charge >= 0.3 is 0 Å². The number of benzene rings is 3. The number of nitrogens with one attached hydrogen (secondary N) is 1. The number of thiocarbonyl (C=S) groups is 1. The lowest BCUT2D eigenvalue weighted by Crippen LogP contribution is -2.46. The Bertz CT molecular complexity index is 1400. The van der Waals surface area contributed by atoms with E-state index >= 15 is 0 Å². The number of halogens is 2. The number of hydrogen-bond acceptors (Lipinski definition) is 4. The monoisotopic (exact) mass is 490 g/mol. The number of aryl methyl sites for hydroxylation is 1. The van der Waals surface area contributed by atoms with Crippen LogP contribution in [-0.4, -0.2) is 15.3 Å². The normalized spacial score (nSPS) is 16.1. The van der Waals surface area contributed by atoms with Gasteiger partial charge in [-0.15, -0.1) is 0 Å². The maximum Gasteiger partial charge on any atom is 0.258 e. The van der Waals surface area contributed by atoms with E-state index in [2.05, 4.69) is 15.5 Å². The SMILES string of the molecule is CC1=C(c2nc(-c3cccc(Cl)c3)no2)C(c2ccc(F)cc2)NC(=S)N1c1ccc(C)cc1. The van der Waals surface area contributed by atoms with Crippen molar-refractivity contribution in [3.05, 3.63) is 106 Å². The molecule has 3 aromatic carbocycles. The van der Waals surface area contributed by atoms with Crippen LogP contribution in [0.1, 0.15) is 30.0 Å². The number of hydrogen-bond donors (Lipinski definition) is 1. The molecule has 0 radical (unpaired) electrons. The first-order valence-electron chi connectivity index (χ1n) is 10.6. The number of anilines is 1. The van der Waals surface area contributed by atoms with Gasteiger partial charge in [-0.2, -0.15) is 4.98 Å². The van der Waals surface area contributed by atoms with Gasteiger partial charge in [0.15, 0.2) is 5.11 Å². The highest BCUT2D eigenvalue weighted by molar-refractivity contribution is 7.80. The maximum atomic E-state index is 13.6. The van der Waals surface area contributed by atoms with Gasteiger partial charge in [-0.05, 0) is 68.0 Å². The second-order valence-corrected chi connectivity index (χ2v) is 8.86. The zero-order chi connectivity index (χ0) is 23.8. The molecule has 0 bridgehead atoms. The first-order chi connectivity index (χ1) is 16.4. The molecular weight excluding hydrogens is 471 g/mol. The molecule has 1 N–H and O–H groups in total. The summed E-state index contributed by atoms with van der Waals surface area (Å²) >= 11 is 11.9. The van der Waals surface area contributed by atoms with E-state index in [1.165, 1.54) is 12.1 Å². The van der Waals surface area contributed by atoms with Crippen molar-refractivity contribution < 1.29 is 8.91 Å². The Morgan fingerprint density at radius 1 is 1.03 bits per heavy atom. The standard InChI is InChI=1S/C26H20ClFN4OS/c1-15-6-12-21(13-7-15)32-16(2)22(23(29-26(32)34)17-8-10-20(28)11-9-17)25-30-24(31-33-25)18-4-3-5-19(27)14-18/h3-14,23H,1-2H3,(H,29,34). The van der Waals surface area contributed by atoms with Crippen molar-refractivity contribution in [3.63, 3.8) is 0 Å². The lowest BCUT2D eigenvalue weighted by atomic mass is 9.94. The molecule has 0 fully saturated rings. The Morgan fingerprint density at radius 3 is 2.47 bits per heavy atom. The number of aromatic nitrogens is 2. The van der Waals surface area contributed by atoms with Crippen LogP contribution >= 0.6 is 23.8 Å². The van der Waals surface area contributed by atoms with Crippen LogP contribution in [-0.2, 0) is 0 Å². The molecule has 0 aliphatic carbocycles. The van der Waals surface area contributed by atoms with Gasteiger partial charge in [-0.1, -0.05) is 58.7 Å². The molecule has 1 atom stereocenters. The van der Waals surface area contributed by atoms with Crippen LogP contribution in [0, 0.1) is 12.7 Å². The second kappa shape index (κ2) is 9.00. The molecular formula is C26H20ClFN4OS. The number of allylic oxidation sites excluding steroid dienone is 1. The molecule has 1 aliphatic rings. The molecule has 2 heterocycles. The summed E-state index contributed by atoms with van der Waals surface area (Å²) in [6.45, 7) is 3.99. The quantitative estimate of drug-likeness (QED) is 0.321. The number of rotatable bonds is 4. The third-order valence-corrected chi connectivity index (χ3v) is 6.26. The van der Waals surface area contributed by atoms with Gasteiger partial charge in [-0.3, -0.25) is 4.90 Å². The summed E-state index contributed by atoms with van der Waals surface area (Å²) in [4.78, 5) is 6.62. The molecule has 0 amide bonds. The van der Waals surface area contributed by atoms with Crippen LogP contribution in [0.4, 0.5) is 10.1 Å². The zero-order valence-electron chi connectivity index (χ0n) is 18.4. The summed E-state index contributed by atoms with van der Waals surface area (Å²) < 4.78 is 19.4. The van der Waals surface area contributed by atoms with Crippen molar-refractivity contribution in [2.75, 3.05) is 4.90 Å². The molecule has 4 aromatic rings. The van der Waals surface area contributed by atoms with Crippen LogP contribution in [0.15, 0.2) is 83.0 Å². The largest absolute Gasteiger partial charge is 0.351 e. The molecule has 170 valence electrons. The van der Waals surface area contributed by atoms with Gasteiger partial charge in [0.1, 0.15) is 5.82 Å². The Labute approximate surface area is 206 Å². The lowest BCUT2D eigenvalue weighted by Gasteiger charge is -2.37. The van der Waals surface area contributed by atoms with Gasteiger partial charge in [0, 0.05) is 22.0 Å². The molecule has 5 rings (SSSR count). The maximum absolute atomic E-state index is 13.6. The van der Waals surface area contributed by atoms with E-state index in [1.54, 1.807) is 24.3 Å². The predicted molar refractivity (Wildman–Crippen MR) is 136 cm³/mol. The Hall–Kier alpha value is -3.55. The van der Waals surface area contributed by atoms with Crippen molar-refractivity contribution in [2.45, 2.75) is 19.9 Å². The van der Waals surface area contributed by atoms with Gasteiger partial charge in [-0.25, -0.2) is 4.39 Å². The van der Waals surface area contributed by atoms with Crippen molar-refractivity contribution in [1.82, 2.24) is 15.5 Å². The summed E-state index contributed by atoms with van der Waals surface area (Å²) in [5, 5.41) is 8.67. The first-order valence-corrected chi connectivity index (χ1v) is 11.4. The minimum atomic E-state index is -0.401. The first kappa shape index (κ1) is 22.3. The third kappa shape index (κ3) is 4.20. The van der Waals surface area contributed by atoms with E-state index in [1.807, 2.05) is 55.1 Å². The summed E-state index contributed by atoms with van der Waals surface area (Å²) in [5.74, 6) is 0.450. The zero-order valence-corrected chi connectivity index (χ0v) is 20.0. The average Bonchev–Trinajstić information content (AvgIpc) is 3.30. The highest BCUT2D eigenvalue weighted by Gasteiger charge is 2.34. The van der Waals surface area contributed by atoms with Crippen LogP contribution in [0.5, 0.6) is 0 Å². The lowest BCUT2D eigenvalue weighted by molar-refractivity contribution is 0.404. The summed E-state index contributed by atoms with van der Waals surface area (Å²) in [6.07, 6.45) is 0. The topological polar surface area (TPSA) is 54.2 Å². The molecule has 0 spiro atoms. The fraction of sp³-hybridized carbons (Fsp3) is 0.115. The average molecular weight is 491 g/mol. The molecule has 1 unspecified atom stereocenters. The minimum absolute atomic E-state index is 0.313. The minimum Gasteiger partial charge on any atom is -0.351 e. The highest BCUT2D eigenvalue weighted by atomic mass is 35.5. The van der Waals surface area contributed by atoms with E-state index < -0.39 is 6.04 Å². The third-order valence-electron chi connectivity index (χ3n) is 5.72. The van der Waals surface area contributed by atoms with Crippen LogP contribution < -0.4 is 10.2 Å².